The Kier molecular flexibility index (Phi) is 8.34. The number of H-pyrrole nitrogens is 1. The summed E-state index contributed by atoms with van der Waals surface area (Å²) in [5.41, 5.74) is 3.58. The monoisotopic (exact) mass is 589 g/mol. The largest absolute Gasteiger partial charge is 0.493 e. The highest BCUT2D eigenvalue weighted by Gasteiger charge is 2.26. The van der Waals surface area contributed by atoms with Gasteiger partial charge in [0.2, 0.25) is 10.0 Å². The fourth-order valence-electron chi connectivity index (χ4n) is 5.39. The van der Waals surface area contributed by atoms with E-state index in [2.05, 4.69) is 29.5 Å². The van der Waals surface area contributed by atoms with Crippen molar-refractivity contribution in [2.24, 2.45) is 0 Å². The number of anilines is 1. The molecule has 0 atom stereocenters. The highest BCUT2D eigenvalue weighted by molar-refractivity contribution is 7.89. The molecule has 11 nitrogen and oxygen atoms in total. The molecule has 1 aliphatic heterocycles. The zero-order valence-electron chi connectivity index (χ0n) is 24.3. The SMILES string of the molecule is [C-]#[N+]c1ccc(N2CCC(NS(=O)(=O)c3ccc(OCC)c(-c4nn5c(CCC)nc(C)c5c(=O)[nH]4)c3)CC2)cc1C. The lowest BCUT2D eigenvalue weighted by Gasteiger charge is -2.34. The summed E-state index contributed by atoms with van der Waals surface area (Å²) in [4.78, 5) is 26.2. The number of nitrogens with zero attached hydrogens (tertiary/aromatic N) is 5. The van der Waals surface area contributed by atoms with Gasteiger partial charge in [-0.15, -0.1) is 5.10 Å². The molecule has 2 N–H and O–H groups in total. The molecule has 2 aromatic carbocycles. The number of piperidine rings is 1. The molecule has 1 aliphatic rings. The number of nitrogens with one attached hydrogen (secondary N) is 2. The van der Waals surface area contributed by atoms with Crippen LogP contribution >= 0.6 is 0 Å². The van der Waals surface area contributed by atoms with Crippen molar-refractivity contribution >= 4 is 26.9 Å². The number of sulfonamides is 1. The highest BCUT2D eigenvalue weighted by atomic mass is 32.2. The molecule has 0 saturated carbocycles. The number of benzene rings is 2. The van der Waals surface area contributed by atoms with E-state index in [0.29, 0.717) is 73.0 Å². The van der Waals surface area contributed by atoms with Gasteiger partial charge in [-0.25, -0.2) is 27.5 Å². The van der Waals surface area contributed by atoms with Crippen LogP contribution in [0.1, 0.15) is 50.2 Å². The Balaban J connectivity index is 1.40. The van der Waals surface area contributed by atoms with Crippen molar-refractivity contribution in [1.29, 1.82) is 0 Å². The molecule has 0 aliphatic carbocycles. The van der Waals surface area contributed by atoms with Crippen molar-refractivity contribution in [3.8, 4) is 17.1 Å². The number of hydrogen-bond acceptors (Lipinski definition) is 7. The number of ether oxygens (including phenoxy) is 1. The molecular formula is C30H35N7O4S. The van der Waals surface area contributed by atoms with Crippen LogP contribution in [-0.2, 0) is 16.4 Å². The Bertz CT molecular complexity index is 1830. The number of rotatable bonds is 9. The molecular weight excluding hydrogens is 554 g/mol. The molecule has 0 radical (unpaired) electrons. The van der Waals surface area contributed by atoms with Crippen LogP contribution in [0.4, 0.5) is 11.4 Å². The summed E-state index contributed by atoms with van der Waals surface area (Å²) in [6.07, 6.45) is 2.75. The van der Waals surface area contributed by atoms with Crippen molar-refractivity contribution in [3.63, 3.8) is 0 Å². The van der Waals surface area contributed by atoms with Gasteiger partial charge in [0.1, 0.15) is 11.6 Å². The first-order valence-electron chi connectivity index (χ1n) is 14.2. The summed E-state index contributed by atoms with van der Waals surface area (Å²) in [6.45, 7) is 16.5. The predicted octanol–water partition coefficient (Wildman–Crippen LogP) is 4.55. The molecule has 42 heavy (non-hydrogen) atoms. The number of aromatic nitrogens is 4. The molecule has 4 aromatic rings. The lowest BCUT2D eigenvalue weighted by molar-refractivity contribution is 0.341. The smallest absolute Gasteiger partial charge is 0.277 e. The molecule has 5 rings (SSSR count). The van der Waals surface area contributed by atoms with Crippen molar-refractivity contribution < 1.29 is 13.2 Å². The van der Waals surface area contributed by atoms with Crippen LogP contribution in [0.2, 0.25) is 0 Å². The summed E-state index contributed by atoms with van der Waals surface area (Å²) < 4.78 is 37.3. The van der Waals surface area contributed by atoms with Crippen LogP contribution in [0, 0.1) is 20.4 Å². The fraction of sp³-hybridized carbons (Fsp3) is 0.400. The summed E-state index contributed by atoms with van der Waals surface area (Å²) >= 11 is 0. The minimum atomic E-state index is -3.88. The topological polar surface area (TPSA) is 126 Å². The normalized spacial score (nSPS) is 14.3. The number of imidazole rings is 1. The van der Waals surface area contributed by atoms with Crippen LogP contribution in [-0.4, -0.2) is 53.7 Å². The van der Waals surface area contributed by atoms with Gasteiger partial charge in [0.05, 0.1) is 29.3 Å². The first kappa shape index (κ1) is 29.3. The minimum Gasteiger partial charge on any atom is -0.493 e. The van der Waals surface area contributed by atoms with E-state index < -0.39 is 10.0 Å². The molecule has 3 heterocycles. The Morgan fingerprint density at radius 1 is 1.14 bits per heavy atom. The first-order valence-corrected chi connectivity index (χ1v) is 15.6. The summed E-state index contributed by atoms with van der Waals surface area (Å²) in [6, 6.07) is 10.1. The number of fused-ring (bicyclic) bond motifs is 1. The zero-order chi connectivity index (χ0) is 30.0. The molecule has 2 aromatic heterocycles. The van der Waals surface area contributed by atoms with Crippen molar-refractivity contribution in [3.05, 3.63) is 75.3 Å². The standard InChI is InChI=1S/C30H35N7O4S/c1-6-8-27-32-20(4)28-30(38)33-29(34-37(27)28)24-18-23(10-12-26(24)41-7-2)42(39,40)35-21-13-15-36(16-14-21)22-9-11-25(31-5)19(3)17-22/h9-12,17-18,21,35H,6-8,13-16H2,1-4H3,(H,33,34,38). The molecule has 12 heteroatoms. The van der Waals surface area contributed by atoms with E-state index in [1.54, 1.807) is 17.5 Å². The van der Waals surface area contributed by atoms with Crippen molar-refractivity contribution in [2.75, 3.05) is 24.6 Å². The van der Waals surface area contributed by atoms with Gasteiger partial charge >= 0.3 is 0 Å². The number of aromatic amines is 1. The van der Waals surface area contributed by atoms with E-state index in [9.17, 15) is 13.2 Å². The van der Waals surface area contributed by atoms with Gasteiger partial charge in [-0.3, -0.25) is 4.79 Å². The maximum atomic E-state index is 13.5. The van der Waals surface area contributed by atoms with Gasteiger partial charge in [-0.1, -0.05) is 13.0 Å². The average molecular weight is 590 g/mol. The molecule has 0 spiro atoms. The fourth-order valence-corrected chi connectivity index (χ4v) is 6.72. The van der Waals surface area contributed by atoms with Crippen LogP contribution < -0.4 is 19.9 Å². The average Bonchev–Trinajstić information content (AvgIpc) is 3.28. The van der Waals surface area contributed by atoms with Gasteiger partial charge in [-0.2, -0.15) is 0 Å². The van der Waals surface area contributed by atoms with Gasteiger partial charge < -0.3 is 14.6 Å². The van der Waals surface area contributed by atoms with E-state index >= 15 is 0 Å². The quantitative estimate of drug-likeness (QED) is 0.274. The lowest BCUT2D eigenvalue weighted by Crippen LogP contribution is -2.44. The van der Waals surface area contributed by atoms with Gasteiger partial charge in [-0.05, 0) is 75.9 Å². The third kappa shape index (κ3) is 5.75. The Morgan fingerprint density at radius 3 is 2.57 bits per heavy atom. The molecule has 0 bridgehead atoms. The second-order valence-electron chi connectivity index (χ2n) is 10.5. The van der Waals surface area contributed by atoms with Gasteiger partial charge in [0, 0.05) is 31.2 Å². The van der Waals surface area contributed by atoms with Crippen LogP contribution in [0.3, 0.4) is 0 Å². The highest BCUT2D eigenvalue weighted by Crippen LogP contribution is 2.31. The third-order valence-corrected chi connectivity index (χ3v) is 9.03. The molecule has 1 saturated heterocycles. The minimum absolute atomic E-state index is 0.0621. The van der Waals surface area contributed by atoms with Crippen LogP contribution in [0.15, 0.2) is 46.1 Å². The maximum absolute atomic E-state index is 13.5. The lowest BCUT2D eigenvalue weighted by atomic mass is 10.0. The summed E-state index contributed by atoms with van der Waals surface area (Å²) in [5.74, 6) is 1.29. The second-order valence-corrected chi connectivity index (χ2v) is 12.2. The summed E-state index contributed by atoms with van der Waals surface area (Å²) in [5, 5.41) is 4.66. The van der Waals surface area contributed by atoms with Gasteiger partial charge in [0.15, 0.2) is 17.0 Å². The van der Waals surface area contributed by atoms with Crippen molar-refractivity contribution in [2.45, 2.75) is 64.3 Å². The predicted molar refractivity (Wildman–Crippen MR) is 162 cm³/mol. The Hall–Kier alpha value is -4.21. The molecule has 0 unspecified atom stereocenters. The number of aryl methyl sites for hydroxylation is 3. The first-order chi connectivity index (χ1) is 20.1. The maximum Gasteiger partial charge on any atom is 0.277 e. The van der Waals surface area contributed by atoms with E-state index in [-0.39, 0.29) is 22.3 Å². The Morgan fingerprint density at radius 2 is 1.90 bits per heavy atom. The number of hydrogen-bond donors (Lipinski definition) is 2. The van der Waals surface area contributed by atoms with Crippen LogP contribution in [0.5, 0.6) is 5.75 Å². The third-order valence-electron chi connectivity index (χ3n) is 7.52. The van der Waals surface area contributed by atoms with E-state index in [1.807, 2.05) is 39.0 Å². The van der Waals surface area contributed by atoms with Crippen LogP contribution in [0.25, 0.3) is 21.7 Å². The van der Waals surface area contributed by atoms with E-state index in [4.69, 9.17) is 11.3 Å². The second kappa shape index (κ2) is 12.0. The Labute approximate surface area is 245 Å². The van der Waals surface area contributed by atoms with E-state index in [0.717, 1.165) is 17.7 Å². The molecule has 220 valence electrons. The zero-order valence-corrected chi connectivity index (χ0v) is 25.1. The van der Waals surface area contributed by atoms with E-state index in [1.165, 1.54) is 12.1 Å². The molecule has 0 amide bonds. The van der Waals surface area contributed by atoms with Crippen molar-refractivity contribution in [1.82, 2.24) is 24.3 Å². The molecule has 1 fully saturated rings. The summed E-state index contributed by atoms with van der Waals surface area (Å²) in [7, 11) is -3.88. The van der Waals surface area contributed by atoms with Gasteiger partial charge in [0.25, 0.3) is 5.56 Å².